The SMILES string of the molecule is CCC(CC1CC1)NCc1ccc(C)cc1. The average molecular weight is 217 g/mol. The molecule has 1 nitrogen and oxygen atoms in total. The van der Waals surface area contributed by atoms with Crippen LogP contribution in [0.1, 0.15) is 43.7 Å². The predicted molar refractivity (Wildman–Crippen MR) is 69.4 cm³/mol. The van der Waals surface area contributed by atoms with Crippen LogP contribution in [-0.2, 0) is 6.54 Å². The molecule has 2 rings (SSSR count). The van der Waals surface area contributed by atoms with Crippen LogP contribution in [0.5, 0.6) is 0 Å². The van der Waals surface area contributed by atoms with Crippen molar-refractivity contribution in [1.29, 1.82) is 0 Å². The molecule has 0 bridgehead atoms. The normalized spacial score (nSPS) is 17.4. The fourth-order valence-electron chi connectivity index (χ4n) is 2.12. The molecule has 0 radical (unpaired) electrons. The van der Waals surface area contributed by atoms with Crippen molar-refractivity contribution in [3.05, 3.63) is 35.4 Å². The number of aryl methyl sites for hydroxylation is 1. The molecule has 1 aliphatic carbocycles. The predicted octanol–water partition coefficient (Wildman–Crippen LogP) is 3.66. The second kappa shape index (κ2) is 5.49. The minimum Gasteiger partial charge on any atom is -0.310 e. The highest BCUT2D eigenvalue weighted by Gasteiger charge is 2.24. The molecule has 1 fully saturated rings. The van der Waals surface area contributed by atoms with Crippen LogP contribution in [0.2, 0.25) is 0 Å². The van der Waals surface area contributed by atoms with Gasteiger partial charge in [-0.25, -0.2) is 0 Å². The Morgan fingerprint density at radius 1 is 1.25 bits per heavy atom. The molecule has 0 spiro atoms. The lowest BCUT2D eigenvalue weighted by Gasteiger charge is -2.16. The molecule has 1 aromatic rings. The van der Waals surface area contributed by atoms with Crippen LogP contribution in [0.4, 0.5) is 0 Å². The van der Waals surface area contributed by atoms with Crippen molar-refractivity contribution in [2.75, 3.05) is 0 Å². The summed E-state index contributed by atoms with van der Waals surface area (Å²) < 4.78 is 0. The van der Waals surface area contributed by atoms with Crippen LogP contribution in [-0.4, -0.2) is 6.04 Å². The molecule has 0 amide bonds. The van der Waals surface area contributed by atoms with Crippen molar-refractivity contribution >= 4 is 0 Å². The molecule has 1 heteroatoms. The Hall–Kier alpha value is -0.820. The number of hydrogen-bond acceptors (Lipinski definition) is 1. The van der Waals surface area contributed by atoms with Gasteiger partial charge in [-0.3, -0.25) is 0 Å². The van der Waals surface area contributed by atoms with Gasteiger partial charge in [0.05, 0.1) is 0 Å². The summed E-state index contributed by atoms with van der Waals surface area (Å²) in [5.74, 6) is 1.02. The fourth-order valence-corrected chi connectivity index (χ4v) is 2.12. The third kappa shape index (κ3) is 3.64. The smallest absolute Gasteiger partial charge is 0.0208 e. The zero-order chi connectivity index (χ0) is 11.4. The molecule has 16 heavy (non-hydrogen) atoms. The average Bonchev–Trinajstić information content (AvgIpc) is 3.10. The highest BCUT2D eigenvalue weighted by molar-refractivity contribution is 5.21. The molecule has 1 aromatic carbocycles. The van der Waals surface area contributed by atoms with Crippen LogP contribution >= 0.6 is 0 Å². The first-order valence-corrected chi connectivity index (χ1v) is 6.57. The van der Waals surface area contributed by atoms with Gasteiger partial charge < -0.3 is 5.32 Å². The first kappa shape index (κ1) is 11.7. The fraction of sp³-hybridized carbons (Fsp3) is 0.600. The summed E-state index contributed by atoms with van der Waals surface area (Å²) in [6, 6.07) is 9.56. The molecule has 1 atom stereocenters. The quantitative estimate of drug-likeness (QED) is 0.766. The van der Waals surface area contributed by atoms with Crippen LogP contribution in [0.15, 0.2) is 24.3 Å². The number of nitrogens with one attached hydrogen (secondary N) is 1. The monoisotopic (exact) mass is 217 g/mol. The van der Waals surface area contributed by atoms with Crippen LogP contribution in [0.25, 0.3) is 0 Å². The van der Waals surface area contributed by atoms with Gasteiger partial charge in [-0.2, -0.15) is 0 Å². The largest absolute Gasteiger partial charge is 0.310 e. The first-order valence-electron chi connectivity index (χ1n) is 6.57. The van der Waals surface area contributed by atoms with Crippen molar-refractivity contribution in [3.8, 4) is 0 Å². The van der Waals surface area contributed by atoms with Gasteiger partial charge in [0, 0.05) is 12.6 Å². The van der Waals surface area contributed by atoms with Crippen LogP contribution in [0, 0.1) is 12.8 Å². The van der Waals surface area contributed by atoms with Gasteiger partial charge in [-0.15, -0.1) is 0 Å². The molecule has 0 aliphatic heterocycles. The van der Waals surface area contributed by atoms with Gasteiger partial charge in [-0.1, -0.05) is 49.6 Å². The Morgan fingerprint density at radius 3 is 2.50 bits per heavy atom. The number of benzene rings is 1. The Kier molecular flexibility index (Phi) is 4.00. The summed E-state index contributed by atoms with van der Waals surface area (Å²) in [5, 5.41) is 3.68. The molecule has 88 valence electrons. The summed E-state index contributed by atoms with van der Waals surface area (Å²) in [5.41, 5.74) is 2.74. The lowest BCUT2D eigenvalue weighted by Crippen LogP contribution is -2.28. The highest BCUT2D eigenvalue weighted by atomic mass is 14.9. The van der Waals surface area contributed by atoms with E-state index in [1.165, 1.54) is 36.8 Å². The molecule has 0 aromatic heterocycles. The summed E-state index contributed by atoms with van der Waals surface area (Å²) in [6.07, 6.45) is 5.55. The van der Waals surface area contributed by atoms with E-state index in [2.05, 4.69) is 43.4 Å². The van der Waals surface area contributed by atoms with E-state index in [0.29, 0.717) is 6.04 Å². The zero-order valence-electron chi connectivity index (χ0n) is 10.5. The van der Waals surface area contributed by atoms with Crippen molar-refractivity contribution in [2.45, 2.75) is 52.1 Å². The molecular weight excluding hydrogens is 194 g/mol. The van der Waals surface area contributed by atoms with Gasteiger partial charge >= 0.3 is 0 Å². The van der Waals surface area contributed by atoms with E-state index in [0.717, 1.165) is 12.5 Å². The van der Waals surface area contributed by atoms with Gasteiger partial charge in [0.15, 0.2) is 0 Å². The van der Waals surface area contributed by atoms with Crippen molar-refractivity contribution in [2.24, 2.45) is 5.92 Å². The second-order valence-electron chi connectivity index (χ2n) is 5.15. The van der Waals surface area contributed by atoms with Gasteiger partial charge in [0.25, 0.3) is 0 Å². The Morgan fingerprint density at radius 2 is 1.94 bits per heavy atom. The molecule has 1 saturated carbocycles. The van der Waals surface area contributed by atoms with Gasteiger partial charge in [-0.05, 0) is 31.2 Å². The van der Waals surface area contributed by atoms with E-state index in [9.17, 15) is 0 Å². The molecular formula is C15H23N. The molecule has 1 unspecified atom stereocenters. The standard InChI is InChI=1S/C15H23N/c1-3-15(10-13-8-9-13)16-11-14-6-4-12(2)5-7-14/h4-7,13,15-16H,3,8-11H2,1-2H3. The maximum atomic E-state index is 3.68. The molecule has 0 heterocycles. The number of rotatable bonds is 6. The van der Waals surface area contributed by atoms with Crippen LogP contribution < -0.4 is 5.32 Å². The minimum atomic E-state index is 0.716. The number of hydrogen-bond donors (Lipinski definition) is 1. The summed E-state index contributed by atoms with van der Waals surface area (Å²) in [6.45, 7) is 5.44. The summed E-state index contributed by atoms with van der Waals surface area (Å²) in [4.78, 5) is 0. The van der Waals surface area contributed by atoms with Crippen molar-refractivity contribution < 1.29 is 0 Å². The third-order valence-corrected chi connectivity index (χ3v) is 3.52. The lowest BCUT2D eigenvalue weighted by molar-refractivity contribution is 0.445. The Labute approximate surface area is 99.3 Å². The second-order valence-corrected chi connectivity index (χ2v) is 5.15. The van der Waals surface area contributed by atoms with E-state index in [1.807, 2.05) is 0 Å². The van der Waals surface area contributed by atoms with Crippen LogP contribution in [0.3, 0.4) is 0 Å². The van der Waals surface area contributed by atoms with E-state index >= 15 is 0 Å². The molecule has 0 saturated heterocycles. The van der Waals surface area contributed by atoms with E-state index < -0.39 is 0 Å². The molecule has 1 aliphatic rings. The van der Waals surface area contributed by atoms with Crippen molar-refractivity contribution in [1.82, 2.24) is 5.32 Å². The highest BCUT2D eigenvalue weighted by Crippen LogP contribution is 2.34. The Balaban J connectivity index is 1.77. The Bertz CT molecular complexity index is 311. The minimum absolute atomic E-state index is 0.716. The van der Waals surface area contributed by atoms with E-state index in [1.54, 1.807) is 0 Å². The first-order chi connectivity index (χ1) is 7.78. The topological polar surface area (TPSA) is 12.0 Å². The molecule has 1 N–H and O–H groups in total. The van der Waals surface area contributed by atoms with Gasteiger partial charge in [0.1, 0.15) is 0 Å². The van der Waals surface area contributed by atoms with Gasteiger partial charge in [0.2, 0.25) is 0 Å². The lowest BCUT2D eigenvalue weighted by atomic mass is 10.1. The summed E-state index contributed by atoms with van der Waals surface area (Å²) in [7, 11) is 0. The van der Waals surface area contributed by atoms with Crippen molar-refractivity contribution in [3.63, 3.8) is 0 Å². The van der Waals surface area contributed by atoms with E-state index in [4.69, 9.17) is 0 Å². The van der Waals surface area contributed by atoms with E-state index in [-0.39, 0.29) is 0 Å². The maximum Gasteiger partial charge on any atom is 0.0208 e. The summed E-state index contributed by atoms with van der Waals surface area (Å²) >= 11 is 0. The third-order valence-electron chi connectivity index (χ3n) is 3.52. The maximum absolute atomic E-state index is 3.68. The zero-order valence-corrected chi connectivity index (χ0v) is 10.5.